The van der Waals surface area contributed by atoms with Gasteiger partial charge in [0.25, 0.3) is 0 Å². The Morgan fingerprint density at radius 2 is 2.11 bits per heavy atom. The minimum Gasteiger partial charge on any atom is -0.353 e. The van der Waals surface area contributed by atoms with E-state index in [1.165, 1.54) is 6.42 Å². The molecule has 1 atom stereocenters. The van der Waals surface area contributed by atoms with E-state index in [-0.39, 0.29) is 5.91 Å². The summed E-state index contributed by atoms with van der Waals surface area (Å²) in [6.07, 6.45) is 3.65. The van der Waals surface area contributed by atoms with Crippen LogP contribution in [0.3, 0.4) is 0 Å². The lowest BCUT2D eigenvalue weighted by Gasteiger charge is -2.17. The Hall–Kier alpha value is -0.730. The van der Waals surface area contributed by atoms with Crippen molar-refractivity contribution in [3.63, 3.8) is 0 Å². The summed E-state index contributed by atoms with van der Waals surface area (Å²) in [7, 11) is 0. The Labute approximate surface area is 124 Å². The molecule has 1 aliphatic carbocycles. The smallest absolute Gasteiger partial charge is 0.224 e. The maximum Gasteiger partial charge on any atom is 0.224 e. The molecular weight excluding hydrogens is 281 g/mol. The van der Waals surface area contributed by atoms with Crippen LogP contribution in [0, 0.1) is 5.41 Å². The van der Waals surface area contributed by atoms with Crippen molar-refractivity contribution in [2.45, 2.75) is 45.6 Å². The summed E-state index contributed by atoms with van der Waals surface area (Å²) < 4.78 is 0. The number of carbonyl (C=O) groups excluding carboxylic acids is 1. The molecule has 0 saturated heterocycles. The van der Waals surface area contributed by atoms with E-state index in [1.807, 2.05) is 6.07 Å². The molecule has 1 aromatic carbocycles. The third-order valence-corrected chi connectivity index (χ3v) is 4.42. The van der Waals surface area contributed by atoms with Gasteiger partial charge in [0.15, 0.2) is 0 Å². The lowest BCUT2D eigenvalue weighted by molar-refractivity contribution is -0.121. The average molecular weight is 300 g/mol. The normalized spacial score (nSPS) is 21.4. The molecule has 4 heteroatoms. The Kier molecular flexibility index (Phi) is 4.42. The fourth-order valence-corrected chi connectivity index (χ4v) is 2.99. The average Bonchev–Trinajstić information content (AvgIpc) is 2.63. The van der Waals surface area contributed by atoms with Gasteiger partial charge in [-0.05, 0) is 42.4 Å². The molecular formula is C15H19Cl2NO. The van der Waals surface area contributed by atoms with Gasteiger partial charge in [-0.25, -0.2) is 0 Å². The highest BCUT2D eigenvalue weighted by atomic mass is 35.5. The van der Waals surface area contributed by atoms with Crippen molar-refractivity contribution in [3.8, 4) is 0 Å². The first-order valence-electron chi connectivity index (χ1n) is 6.59. The highest BCUT2D eigenvalue weighted by Crippen LogP contribution is 2.36. The Bertz CT molecular complexity index is 485. The number of rotatable bonds is 3. The molecule has 104 valence electrons. The number of halogens is 2. The quantitative estimate of drug-likeness (QED) is 0.889. The lowest BCUT2D eigenvalue weighted by atomic mass is 9.92. The highest BCUT2D eigenvalue weighted by molar-refractivity contribution is 6.42. The molecule has 1 saturated carbocycles. The Balaban J connectivity index is 1.89. The minimum absolute atomic E-state index is 0.0566. The predicted octanol–water partition coefficient (Wildman–Crippen LogP) is 4.23. The van der Waals surface area contributed by atoms with Gasteiger partial charge >= 0.3 is 0 Å². The molecule has 19 heavy (non-hydrogen) atoms. The van der Waals surface area contributed by atoms with Crippen molar-refractivity contribution >= 4 is 29.1 Å². The van der Waals surface area contributed by atoms with Gasteiger partial charge in [0.05, 0.1) is 16.5 Å². The molecule has 2 rings (SSSR count). The van der Waals surface area contributed by atoms with E-state index in [4.69, 9.17) is 23.2 Å². The van der Waals surface area contributed by atoms with Gasteiger partial charge in [0, 0.05) is 6.04 Å². The molecule has 0 bridgehead atoms. The van der Waals surface area contributed by atoms with Crippen LogP contribution in [0.4, 0.5) is 0 Å². The van der Waals surface area contributed by atoms with Crippen molar-refractivity contribution in [2.24, 2.45) is 5.41 Å². The SMILES string of the molecule is CC1(C)CCC(NC(=O)Cc2ccc(Cl)c(Cl)c2)C1. The third-order valence-electron chi connectivity index (χ3n) is 3.68. The second-order valence-electron chi connectivity index (χ2n) is 6.10. The van der Waals surface area contributed by atoms with E-state index in [9.17, 15) is 4.79 Å². The van der Waals surface area contributed by atoms with Crippen LogP contribution in [0.5, 0.6) is 0 Å². The van der Waals surface area contributed by atoms with E-state index in [0.717, 1.165) is 18.4 Å². The summed E-state index contributed by atoms with van der Waals surface area (Å²) in [5.41, 5.74) is 1.24. The molecule has 1 unspecified atom stereocenters. The molecule has 1 aliphatic rings. The standard InChI is InChI=1S/C15H19Cl2NO/c1-15(2)6-5-11(9-15)18-14(19)8-10-3-4-12(16)13(17)7-10/h3-4,7,11H,5-6,8-9H2,1-2H3,(H,18,19). The molecule has 1 N–H and O–H groups in total. The molecule has 0 heterocycles. The molecule has 0 radical (unpaired) electrons. The zero-order valence-electron chi connectivity index (χ0n) is 11.3. The fourth-order valence-electron chi connectivity index (χ4n) is 2.67. The van der Waals surface area contributed by atoms with Crippen molar-refractivity contribution in [3.05, 3.63) is 33.8 Å². The van der Waals surface area contributed by atoms with Crippen LogP contribution in [0.1, 0.15) is 38.7 Å². The summed E-state index contributed by atoms with van der Waals surface area (Å²) in [6, 6.07) is 5.63. The number of benzene rings is 1. The Morgan fingerprint density at radius 1 is 1.37 bits per heavy atom. The summed E-state index contributed by atoms with van der Waals surface area (Å²) in [4.78, 5) is 12.0. The lowest BCUT2D eigenvalue weighted by Crippen LogP contribution is -2.34. The Morgan fingerprint density at radius 3 is 2.68 bits per heavy atom. The van der Waals surface area contributed by atoms with E-state index in [2.05, 4.69) is 19.2 Å². The molecule has 1 amide bonds. The van der Waals surface area contributed by atoms with Gasteiger partial charge in [-0.3, -0.25) is 4.79 Å². The number of hydrogen-bond donors (Lipinski definition) is 1. The third kappa shape index (κ3) is 4.12. The topological polar surface area (TPSA) is 29.1 Å². The van der Waals surface area contributed by atoms with Gasteiger partial charge < -0.3 is 5.32 Å². The first-order chi connectivity index (χ1) is 8.85. The number of hydrogen-bond acceptors (Lipinski definition) is 1. The van der Waals surface area contributed by atoms with E-state index in [0.29, 0.717) is 27.9 Å². The first-order valence-corrected chi connectivity index (χ1v) is 7.35. The molecule has 1 fully saturated rings. The van der Waals surface area contributed by atoms with Gasteiger partial charge in [0.1, 0.15) is 0 Å². The van der Waals surface area contributed by atoms with Crippen molar-refractivity contribution in [1.29, 1.82) is 0 Å². The van der Waals surface area contributed by atoms with Crippen molar-refractivity contribution in [2.75, 3.05) is 0 Å². The van der Waals surface area contributed by atoms with Crippen LogP contribution in [-0.4, -0.2) is 11.9 Å². The second-order valence-corrected chi connectivity index (χ2v) is 6.91. The largest absolute Gasteiger partial charge is 0.353 e. The summed E-state index contributed by atoms with van der Waals surface area (Å²) in [5.74, 6) is 0.0566. The van der Waals surface area contributed by atoms with Gasteiger partial charge in [0.2, 0.25) is 5.91 Å². The van der Waals surface area contributed by atoms with E-state index in [1.54, 1.807) is 12.1 Å². The maximum atomic E-state index is 12.0. The molecule has 0 spiro atoms. The fraction of sp³-hybridized carbons (Fsp3) is 0.533. The predicted molar refractivity (Wildman–Crippen MR) is 79.7 cm³/mol. The zero-order valence-corrected chi connectivity index (χ0v) is 12.8. The van der Waals surface area contributed by atoms with Gasteiger partial charge in [-0.1, -0.05) is 43.1 Å². The van der Waals surface area contributed by atoms with Crippen molar-refractivity contribution < 1.29 is 4.79 Å². The summed E-state index contributed by atoms with van der Waals surface area (Å²) >= 11 is 11.8. The number of carbonyl (C=O) groups is 1. The van der Waals surface area contributed by atoms with Crippen LogP contribution in [0.15, 0.2) is 18.2 Å². The monoisotopic (exact) mass is 299 g/mol. The van der Waals surface area contributed by atoms with Gasteiger partial charge in [-0.15, -0.1) is 0 Å². The second kappa shape index (κ2) is 5.72. The van der Waals surface area contributed by atoms with Crippen LogP contribution >= 0.6 is 23.2 Å². The van der Waals surface area contributed by atoms with Crippen molar-refractivity contribution in [1.82, 2.24) is 5.32 Å². The summed E-state index contributed by atoms with van der Waals surface area (Å²) in [5, 5.41) is 4.11. The van der Waals surface area contributed by atoms with Crippen LogP contribution in [0.25, 0.3) is 0 Å². The van der Waals surface area contributed by atoms with Crippen LogP contribution in [-0.2, 0) is 11.2 Å². The number of nitrogens with one attached hydrogen (secondary N) is 1. The van der Waals surface area contributed by atoms with Gasteiger partial charge in [-0.2, -0.15) is 0 Å². The minimum atomic E-state index is 0.0566. The number of amides is 1. The molecule has 0 aromatic heterocycles. The summed E-state index contributed by atoms with van der Waals surface area (Å²) in [6.45, 7) is 4.50. The molecule has 1 aromatic rings. The zero-order chi connectivity index (χ0) is 14.0. The molecule has 2 nitrogen and oxygen atoms in total. The van der Waals surface area contributed by atoms with Crippen LogP contribution in [0.2, 0.25) is 10.0 Å². The highest BCUT2D eigenvalue weighted by Gasteiger charge is 2.31. The maximum absolute atomic E-state index is 12.0. The first kappa shape index (κ1) is 14.7. The van der Waals surface area contributed by atoms with E-state index >= 15 is 0 Å². The molecule has 0 aliphatic heterocycles. The van der Waals surface area contributed by atoms with Crippen LogP contribution < -0.4 is 5.32 Å². The van der Waals surface area contributed by atoms with E-state index < -0.39 is 0 Å².